The molecule has 0 radical (unpaired) electrons. The maximum atomic E-state index is 14.4. The van der Waals surface area contributed by atoms with Gasteiger partial charge >= 0.3 is 0 Å². The first kappa shape index (κ1) is 12.4. The van der Waals surface area contributed by atoms with Gasteiger partial charge in [0.05, 0.1) is 17.3 Å². The second kappa shape index (κ2) is 3.70. The average molecular weight is 254 g/mol. The van der Waals surface area contributed by atoms with Gasteiger partial charge in [-0.15, -0.1) is 0 Å². The zero-order valence-electron chi connectivity index (χ0n) is 9.65. The number of fused-ring (bicyclic) bond motifs is 1. The van der Waals surface area contributed by atoms with Crippen LogP contribution in [-0.2, 0) is 5.67 Å². The van der Waals surface area contributed by atoms with Crippen LogP contribution in [0.15, 0.2) is 18.6 Å². The molecule has 0 N–H and O–H groups in total. The summed E-state index contributed by atoms with van der Waals surface area (Å²) < 4.78 is 42.1. The van der Waals surface area contributed by atoms with E-state index in [0.717, 1.165) is 17.8 Å². The fourth-order valence-corrected chi connectivity index (χ4v) is 1.67. The smallest absolute Gasteiger partial charge is 0.241 e. The first-order chi connectivity index (χ1) is 8.29. The maximum Gasteiger partial charge on any atom is 0.284 e. The Hall–Kier alpha value is -2.10. The molecule has 18 heavy (non-hydrogen) atoms. The van der Waals surface area contributed by atoms with Gasteiger partial charge in [0.15, 0.2) is 0 Å². The van der Waals surface area contributed by atoms with E-state index in [1.54, 1.807) is 6.07 Å². The topological polar surface area (TPSA) is 54.0 Å². The van der Waals surface area contributed by atoms with E-state index in [1.165, 1.54) is 12.3 Å². The summed E-state index contributed by atoms with van der Waals surface area (Å²) in [5.41, 5.74) is -3.35. The molecule has 1 unspecified atom stereocenters. The number of alkyl halides is 3. The Morgan fingerprint density at radius 2 is 2.00 bits per heavy atom. The Morgan fingerprint density at radius 3 is 2.56 bits per heavy atom. The highest BCUT2D eigenvalue weighted by atomic mass is 19.3. The van der Waals surface area contributed by atoms with Gasteiger partial charge in [0.1, 0.15) is 18.1 Å². The highest BCUT2D eigenvalue weighted by molar-refractivity contribution is 5.56. The SMILES string of the molecule is CC(F)(F)C(C)(F)c1c(C#N)cc2cncnn12. The van der Waals surface area contributed by atoms with Crippen molar-refractivity contribution in [3.05, 3.63) is 29.8 Å². The highest BCUT2D eigenvalue weighted by Gasteiger charge is 2.51. The number of hydrogen-bond acceptors (Lipinski definition) is 3. The molecular weight excluding hydrogens is 245 g/mol. The van der Waals surface area contributed by atoms with Crippen molar-refractivity contribution in [2.24, 2.45) is 0 Å². The predicted molar refractivity (Wildman–Crippen MR) is 56.8 cm³/mol. The van der Waals surface area contributed by atoms with E-state index in [9.17, 15) is 13.2 Å². The number of nitriles is 1. The predicted octanol–water partition coefficient (Wildman–Crippen LogP) is 2.44. The summed E-state index contributed by atoms with van der Waals surface area (Å²) >= 11 is 0. The maximum absolute atomic E-state index is 14.4. The van der Waals surface area contributed by atoms with Crippen LogP contribution >= 0.6 is 0 Å². The minimum Gasteiger partial charge on any atom is -0.241 e. The lowest BCUT2D eigenvalue weighted by Gasteiger charge is -2.27. The van der Waals surface area contributed by atoms with Crippen LogP contribution in [0.3, 0.4) is 0 Å². The number of halogens is 3. The first-order valence-electron chi connectivity index (χ1n) is 5.08. The molecule has 0 saturated heterocycles. The zero-order valence-corrected chi connectivity index (χ0v) is 9.65. The van der Waals surface area contributed by atoms with Crippen molar-refractivity contribution in [1.29, 1.82) is 5.26 Å². The van der Waals surface area contributed by atoms with Gasteiger partial charge in [0.2, 0.25) is 5.67 Å². The first-order valence-corrected chi connectivity index (χ1v) is 5.08. The third kappa shape index (κ3) is 1.61. The lowest BCUT2D eigenvalue weighted by Crippen LogP contribution is -2.38. The largest absolute Gasteiger partial charge is 0.284 e. The normalized spacial score (nSPS) is 15.3. The molecule has 2 rings (SSSR count). The summed E-state index contributed by atoms with van der Waals surface area (Å²) in [6.07, 6.45) is 2.42. The van der Waals surface area contributed by atoms with Gasteiger partial charge in [-0.1, -0.05) is 0 Å². The Bertz CT molecular complexity index is 634. The number of hydrogen-bond donors (Lipinski definition) is 0. The third-order valence-corrected chi connectivity index (χ3v) is 2.83. The lowest BCUT2D eigenvalue weighted by molar-refractivity contribution is -0.122. The van der Waals surface area contributed by atoms with Crippen molar-refractivity contribution >= 4 is 5.52 Å². The summed E-state index contributed by atoms with van der Waals surface area (Å²) in [4.78, 5) is 3.69. The monoisotopic (exact) mass is 254 g/mol. The average Bonchev–Trinajstić information content (AvgIpc) is 2.66. The molecule has 0 amide bonds. The van der Waals surface area contributed by atoms with Gasteiger partial charge in [0, 0.05) is 6.92 Å². The van der Waals surface area contributed by atoms with E-state index in [1.807, 2.05) is 0 Å². The van der Waals surface area contributed by atoms with Gasteiger partial charge in [-0.3, -0.25) is 0 Å². The van der Waals surface area contributed by atoms with Crippen molar-refractivity contribution in [2.45, 2.75) is 25.4 Å². The van der Waals surface area contributed by atoms with E-state index in [0.29, 0.717) is 6.92 Å². The molecule has 0 spiro atoms. The van der Waals surface area contributed by atoms with Crippen LogP contribution < -0.4 is 0 Å². The van der Waals surface area contributed by atoms with Crippen molar-refractivity contribution in [2.75, 3.05) is 0 Å². The van der Waals surface area contributed by atoms with Gasteiger partial charge in [0.25, 0.3) is 5.92 Å². The van der Waals surface area contributed by atoms with Crippen LogP contribution in [0, 0.1) is 11.3 Å². The number of rotatable bonds is 2. The van der Waals surface area contributed by atoms with Gasteiger partial charge in [-0.2, -0.15) is 10.4 Å². The van der Waals surface area contributed by atoms with Crippen molar-refractivity contribution in [3.8, 4) is 6.07 Å². The molecule has 7 heteroatoms. The third-order valence-electron chi connectivity index (χ3n) is 2.83. The van der Waals surface area contributed by atoms with Crippen LogP contribution in [0.25, 0.3) is 5.52 Å². The number of nitrogens with zero attached hydrogens (tertiary/aromatic N) is 4. The van der Waals surface area contributed by atoms with Crippen LogP contribution in [-0.4, -0.2) is 20.5 Å². The number of aromatic nitrogens is 3. The quantitative estimate of drug-likeness (QED) is 0.827. The van der Waals surface area contributed by atoms with Gasteiger partial charge in [-0.25, -0.2) is 22.7 Å². The van der Waals surface area contributed by atoms with E-state index >= 15 is 0 Å². The lowest BCUT2D eigenvalue weighted by atomic mass is 9.95. The van der Waals surface area contributed by atoms with Gasteiger partial charge < -0.3 is 0 Å². The Balaban J connectivity index is 2.82. The van der Waals surface area contributed by atoms with Gasteiger partial charge in [-0.05, 0) is 13.0 Å². The molecule has 2 heterocycles. The minimum absolute atomic E-state index is 0.179. The molecule has 2 aromatic heterocycles. The van der Waals surface area contributed by atoms with Crippen LogP contribution in [0.1, 0.15) is 25.1 Å². The minimum atomic E-state index is -3.64. The summed E-state index contributed by atoms with van der Waals surface area (Å²) in [5.74, 6) is -3.64. The molecule has 0 aliphatic heterocycles. The second-order valence-corrected chi connectivity index (χ2v) is 4.16. The molecule has 1 atom stereocenters. The molecule has 2 aromatic rings. The summed E-state index contributed by atoms with van der Waals surface area (Å²) in [5, 5.41) is 12.6. The fourth-order valence-electron chi connectivity index (χ4n) is 1.67. The zero-order chi connectivity index (χ0) is 13.6. The summed E-state index contributed by atoms with van der Waals surface area (Å²) in [7, 11) is 0. The summed E-state index contributed by atoms with van der Waals surface area (Å²) in [6.45, 7) is 1.20. The summed E-state index contributed by atoms with van der Waals surface area (Å²) in [6, 6.07) is 2.98. The van der Waals surface area contributed by atoms with Crippen molar-refractivity contribution in [3.63, 3.8) is 0 Å². The fraction of sp³-hybridized carbons (Fsp3) is 0.364. The van der Waals surface area contributed by atoms with Crippen LogP contribution in [0.4, 0.5) is 13.2 Å². The van der Waals surface area contributed by atoms with Crippen molar-refractivity contribution in [1.82, 2.24) is 14.6 Å². The van der Waals surface area contributed by atoms with E-state index < -0.39 is 17.3 Å². The van der Waals surface area contributed by atoms with Crippen molar-refractivity contribution < 1.29 is 13.2 Å². The molecule has 0 aromatic carbocycles. The van der Waals surface area contributed by atoms with E-state index in [4.69, 9.17) is 5.26 Å². The van der Waals surface area contributed by atoms with E-state index in [2.05, 4.69) is 10.1 Å². The molecule has 94 valence electrons. The molecule has 0 fully saturated rings. The Kier molecular flexibility index (Phi) is 2.54. The molecule has 0 aliphatic rings. The standard InChI is InChI=1S/C11H9F3N4/c1-10(12,11(2,13)14)9-7(4-15)3-8-5-16-6-17-18(8)9/h3,5-6H,1-2H3. The Labute approximate surface area is 101 Å². The molecule has 0 saturated carbocycles. The highest BCUT2D eigenvalue weighted by Crippen LogP contribution is 2.42. The van der Waals surface area contributed by atoms with Crippen LogP contribution in [0.5, 0.6) is 0 Å². The molecule has 0 aliphatic carbocycles. The molecule has 4 nitrogen and oxygen atoms in total. The second-order valence-electron chi connectivity index (χ2n) is 4.16. The van der Waals surface area contributed by atoms with Crippen LogP contribution in [0.2, 0.25) is 0 Å². The Morgan fingerprint density at radius 1 is 1.33 bits per heavy atom. The molecule has 0 bridgehead atoms. The molecular formula is C11H9F3N4. The van der Waals surface area contributed by atoms with E-state index in [-0.39, 0.29) is 11.1 Å².